The molecule has 0 saturated carbocycles. The van der Waals surface area contributed by atoms with Crippen LogP contribution in [0.1, 0.15) is 35.3 Å². The van der Waals surface area contributed by atoms with Crippen molar-refractivity contribution in [2.45, 2.75) is 25.7 Å². The highest BCUT2D eigenvalue weighted by atomic mass is 32.2. The minimum atomic E-state index is -3.60. The summed E-state index contributed by atoms with van der Waals surface area (Å²) >= 11 is 0. The van der Waals surface area contributed by atoms with E-state index in [1.807, 2.05) is 43.9 Å². The van der Waals surface area contributed by atoms with Crippen molar-refractivity contribution in [1.82, 2.24) is 14.1 Å². The first-order chi connectivity index (χ1) is 15.4. The number of nitrogens with zero attached hydrogens (tertiary/aromatic N) is 3. The van der Waals surface area contributed by atoms with Crippen LogP contribution >= 0.6 is 0 Å². The quantitative estimate of drug-likeness (QED) is 0.611. The average molecular weight is 456 g/mol. The Balaban J connectivity index is 1.64. The third-order valence-corrected chi connectivity index (χ3v) is 7.96. The number of hydrogen-bond acceptors (Lipinski definition) is 4. The maximum absolute atomic E-state index is 13.2. The fraction of sp³-hybridized carbons (Fsp3) is 0.400. The van der Waals surface area contributed by atoms with E-state index in [0.29, 0.717) is 31.7 Å². The van der Waals surface area contributed by atoms with Gasteiger partial charge in [-0.25, -0.2) is 8.42 Å². The molecule has 0 bridgehead atoms. The molecule has 1 fully saturated rings. The van der Waals surface area contributed by atoms with E-state index < -0.39 is 10.0 Å². The molecule has 0 aromatic heterocycles. The van der Waals surface area contributed by atoms with Gasteiger partial charge < -0.3 is 4.90 Å². The molecule has 0 aliphatic carbocycles. The molecule has 172 valence electrons. The minimum Gasteiger partial charge on any atom is -0.336 e. The van der Waals surface area contributed by atoms with Crippen molar-refractivity contribution in [1.29, 1.82) is 0 Å². The Morgan fingerprint density at radius 3 is 2.28 bits per heavy atom. The second kappa shape index (κ2) is 10.9. The Hall–Kier alpha value is -2.48. The SMILES string of the molecule is CCN(CC)S(=O)(=O)c1ccc(C)c(C(=O)N2CCN(C/C=C/c3ccccc3)CC2)c1. The summed E-state index contributed by atoms with van der Waals surface area (Å²) in [7, 11) is -3.60. The molecule has 1 saturated heterocycles. The summed E-state index contributed by atoms with van der Waals surface area (Å²) in [4.78, 5) is 17.5. The Kier molecular flexibility index (Phi) is 8.23. The van der Waals surface area contributed by atoms with Crippen LogP contribution in [-0.2, 0) is 10.0 Å². The van der Waals surface area contributed by atoms with Crippen LogP contribution in [0.2, 0.25) is 0 Å². The molecule has 1 amide bonds. The molecule has 1 aliphatic heterocycles. The molecule has 6 nitrogen and oxygen atoms in total. The standard InChI is InChI=1S/C25H33N3O3S/c1-4-28(5-2)32(30,31)23-14-13-21(3)24(20-23)25(29)27-18-16-26(17-19-27)15-9-12-22-10-7-6-8-11-22/h6-14,20H,4-5,15-19H2,1-3H3/b12-9+. The molecule has 1 heterocycles. The zero-order valence-corrected chi connectivity index (χ0v) is 20.0. The van der Waals surface area contributed by atoms with Gasteiger partial charge in [-0.15, -0.1) is 0 Å². The first kappa shape index (κ1) is 24.2. The molecule has 2 aromatic carbocycles. The predicted molar refractivity (Wildman–Crippen MR) is 129 cm³/mol. The number of rotatable bonds is 8. The Morgan fingerprint density at radius 2 is 1.66 bits per heavy atom. The molecular weight excluding hydrogens is 422 g/mol. The van der Waals surface area contributed by atoms with E-state index in [-0.39, 0.29) is 10.8 Å². The fourth-order valence-corrected chi connectivity index (χ4v) is 5.40. The highest BCUT2D eigenvalue weighted by molar-refractivity contribution is 7.89. The van der Waals surface area contributed by atoms with E-state index in [2.05, 4.69) is 29.2 Å². The zero-order chi connectivity index (χ0) is 23.1. The molecule has 32 heavy (non-hydrogen) atoms. The average Bonchev–Trinajstić information content (AvgIpc) is 2.80. The maximum Gasteiger partial charge on any atom is 0.254 e. The van der Waals surface area contributed by atoms with Crippen molar-refractivity contribution < 1.29 is 13.2 Å². The highest BCUT2D eigenvalue weighted by Crippen LogP contribution is 2.21. The third kappa shape index (κ3) is 5.65. The van der Waals surface area contributed by atoms with Crippen LogP contribution in [0.25, 0.3) is 6.08 Å². The molecule has 3 rings (SSSR count). The Bertz CT molecular complexity index is 1040. The number of piperazine rings is 1. The first-order valence-electron chi connectivity index (χ1n) is 11.2. The zero-order valence-electron chi connectivity index (χ0n) is 19.2. The number of hydrogen-bond donors (Lipinski definition) is 0. The molecular formula is C25H33N3O3S. The molecule has 2 aromatic rings. The Labute approximate surface area is 192 Å². The summed E-state index contributed by atoms with van der Waals surface area (Å²) in [6, 6.07) is 15.1. The van der Waals surface area contributed by atoms with Crippen LogP contribution < -0.4 is 0 Å². The van der Waals surface area contributed by atoms with Crippen molar-refractivity contribution in [2.24, 2.45) is 0 Å². The third-order valence-electron chi connectivity index (χ3n) is 5.92. The lowest BCUT2D eigenvalue weighted by molar-refractivity contribution is 0.0649. The van der Waals surface area contributed by atoms with Crippen LogP contribution in [-0.4, -0.2) is 74.2 Å². The number of amides is 1. The topological polar surface area (TPSA) is 60.9 Å². The van der Waals surface area contributed by atoms with Gasteiger partial charge >= 0.3 is 0 Å². The monoisotopic (exact) mass is 455 g/mol. The highest BCUT2D eigenvalue weighted by Gasteiger charge is 2.26. The molecule has 0 spiro atoms. The first-order valence-corrected chi connectivity index (χ1v) is 12.6. The second-order valence-electron chi connectivity index (χ2n) is 7.97. The minimum absolute atomic E-state index is 0.0985. The Morgan fingerprint density at radius 1 is 1.00 bits per heavy atom. The normalized spacial score (nSPS) is 15.6. The van der Waals surface area contributed by atoms with Gasteiger partial charge in [0.15, 0.2) is 0 Å². The number of benzene rings is 2. The van der Waals surface area contributed by atoms with Crippen LogP contribution in [0.5, 0.6) is 0 Å². The van der Waals surface area contributed by atoms with Crippen LogP contribution in [0.15, 0.2) is 59.5 Å². The molecule has 0 N–H and O–H groups in total. The summed E-state index contributed by atoms with van der Waals surface area (Å²) in [5.74, 6) is -0.0985. The lowest BCUT2D eigenvalue weighted by Crippen LogP contribution is -2.48. The van der Waals surface area contributed by atoms with Crippen molar-refractivity contribution in [2.75, 3.05) is 45.8 Å². The number of aryl methyl sites for hydroxylation is 1. The van der Waals surface area contributed by atoms with E-state index >= 15 is 0 Å². The number of carbonyl (C=O) groups is 1. The van der Waals surface area contributed by atoms with Crippen molar-refractivity contribution in [3.8, 4) is 0 Å². The molecule has 0 radical (unpaired) electrons. The van der Waals surface area contributed by atoms with E-state index in [9.17, 15) is 13.2 Å². The largest absolute Gasteiger partial charge is 0.336 e. The maximum atomic E-state index is 13.2. The summed E-state index contributed by atoms with van der Waals surface area (Å²) in [5.41, 5.74) is 2.44. The predicted octanol–water partition coefficient (Wildman–Crippen LogP) is 3.50. The van der Waals surface area contributed by atoms with Crippen LogP contribution in [0, 0.1) is 6.92 Å². The molecule has 0 unspecified atom stereocenters. The lowest BCUT2D eigenvalue weighted by atomic mass is 10.1. The van der Waals surface area contributed by atoms with Crippen LogP contribution in [0.3, 0.4) is 0 Å². The van der Waals surface area contributed by atoms with Gasteiger partial charge in [-0.05, 0) is 30.2 Å². The summed E-state index contributed by atoms with van der Waals surface area (Å²) in [6.07, 6.45) is 4.27. The van der Waals surface area contributed by atoms with Gasteiger partial charge in [0.1, 0.15) is 0 Å². The molecule has 1 aliphatic rings. The molecule has 0 atom stereocenters. The van der Waals surface area contributed by atoms with Gasteiger partial charge in [0.2, 0.25) is 10.0 Å². The van der Waals surface area contributed by atoms with Crippen molar-refractivity contribution in [3.05, 3.63) is 71.3 Å². The summed E-state index contributed by atoms with van der Waals surface area (Å²) in [6.45, 7) is 9.97. The summed E-state index contributed by atoms with van der Waals surface area (Å²) < 4.78 is 27.2. The van der Waals surface area contributed by atoms with E-state index in [1.165, 1.54) is 9.87 Å². The van der Waals surface area contributed by atoms with E-state index in [4.69, 9.17) is 0 Å². The van der Waals surface area contributed by atoms with Crippen molar-refractivity contribution >= 4 is 22.0 Å². The van der Waals surface area contributed by atoms with Crippen LogP contribution in [0.4, 0.5) is 0 Å². The van der Waals surface area contributed by atoms with Gasteiger partial charge in [-0.2, -0.15) is 4.31 Å². The molecule has 7 heteroatoms. The van der Waals surface area contributed by atoms with Gasteiger partial charge in [-0.1, -0.05) is 62.4 Å². The number of sulfonamides is 1. The second-order valence-corrected chi connectivity index (χ2v) is 9.91. The fourth-order valence-electron chi connectivity index (χ4n) is 3.91. The smallest absolute Gasteiger partial charge is 0.254 e. The number of carbonyl (C=O) groups excluding carboxylic acids is 1. The van der Waals surface area contributed by atoms with E-state index in [1.54, 1.807) is 18.2 Å². The van der Waals surface area contributed by atoms with Gasteiger partial charge in [0.05, 0.1) is 4.90 Å². The summed E-state index contributed by atoms with van der Waals surface area (Å²) in [5, 5.41) is 0. The van der Waals surface area contributed by atoms with E-state index in [0.717, 1.165) is 25.2 Å². The van der Waals surface area contributed by atoms with Gasteiger partial charge in [0.25, 0.3) is 5.91 Å². The van der Waals surface area contributed by atoms with Crippen molar-refractivity contribution in [3.63, 3.8) is 0 Å². The lowest BCUT2D eigenvalue weighted by Gasteiger charge is -2.34. The van der Waals surface area contributed by atoms with Gasteiger partial charge in [0, 0.05) is 51.4 Å². The van der Waals surface area contributed by atoms with Gasteiger partial charge in [-0.3, -0.25) is 9.69 Å².